The molecule has 5 N–H and O–H groups in total. The Morgan fingerprint density at radius 3 is 2.38 bits per heavy atom. The predicted molar refractivity (Wildman–Crippen MR) is 180 cm³/mol. The summed E-state index contributed by atoms with van der Waals surface area (Å²) in [6, 6.07) is 6.88. The van der Waals surface area contributed by atoms with Crippen LogP contribution in [-0.2, 0) is 4.79 Å². The maximum atomic E-state index is 15.1. The highest BCUT2D eigenvalue weighted by atomic mass is 19.1. The molecule has 45 heavy (non-hydrogen) atoms. The van der Waals surface area contributed by atoms with Crippen molar-refractivity contribution in [1.82, 2.24) is 0 Å². The van der Waals surface area contributed by atoms with Crippen LogP contribution in [0.1, 0.15) is 105 Å². The van der Waals surface area contributed by atoms with Gasteiger partial charge in [-0.25, -0.2) is 4.39 Å². The standard InChI is InChI=1S/C38H53FN4O2/c1-22-14-17-38(32(44)45)19-18-36(6)26(30(38)23(22)2)12-13-29-35(5)21-25(20-24-10-8-9-11-27(24)39)31(42-43-33(40)41)34(3,4)28(35)15-16-37(29,36)7/h8-12,20,22-23,28-30H,13-19,21H2,1-7H3,(H,44,45)(H4,40,41,43)/b25-20+,42-31+/t22-,23+,28?,29?,30?,35+,36-,37-,38+/m1/s1. The number of hydrogen-bond donors (Lipinski definition) is 3. The molecule has 3 unspecified atom stereocenters. The summed E-state index contributed by atoms with van der Waals surface area (Å²) in [4.78, 5) is 13.1. The van der Waals surface area contributed by atoms with Crippen molar-refractivity contribution in [1.29, 1.82) is 0 Å². The fraction of sp³-hybridized carbons (Fsp3) is 0.658. The van der Waals surface area contributed by atoms with Crippen LogP contribution < -0.4 is 11.5 Å². The minimum atomic E-state index is -0.652. The van der Waals surface area contributed by atoms with E-state index in [1.54, 1.807) is 6.07 Å². The zero-order chi connectivity index (χ0) is 32.7. The minimum Gasteiger partial charge on any atom is -0.481 e. The summed E-state index contributed by atoms with van der Waals surface area (Å²) in [7, 11) is 0. The Kier molecular flexibility index (Phi) is 7.49. The van der Waals surface area contributed by atoms with Crippen LogP contribution in [0.5, 0.6) is 0 Å². The van der Waals surface area contributed by atoms with Gasteiger partial charge in [0.2, 0.25) is 5.96 Å². The first-order valence-electron chi connectivity index (χ1n) is 17.1. The summed E-state index contributed by atoms with van der Waals surface area (Å²) in [6.07, 6.45) is 11.7. The molecule has 0 heterocycles. The molecular formula is C38H53FN4O2. The van der Waals surface area contributed by atoms with E-state index in [1.807, 2.05) is 18.2 Å². The van der Waals surface area contributed by atoms with Crippen molar-refractivity contribution in [2.75, 3.05) is 0 Å². The maximum absolute atomic E-state index is 15.1. The number of carbonyl (C=O) groups is 1. The molecule has 0 amide bonds. The van der Waals surface area contributed by atoms with Gasteiger partial charge in [-0.2, -0.15) is 5.10 Å². The van der Waals surface area contributed by atoms with Crippen LogP contribution in [0.25, 0.3) is 6.08 Å². The normalized spacial score (nSPS) is 43.7. The van der Waals surface area contributed by atoms with E-state index in [2.05, 4.69) is 64.7 Å². The van der Waals surface area contributed by atoms with Crippen molar-refractivity contribution < 1.29 is 14.3 Å². The lowest BCUT2D eigenvalue weighted by molar-refractivity contribution is -0.179. The van der Waals surface area contributed by atoms with E-state index in [0.717, 1.165) is 62.7 Å². The van der Waals surface area contributed by atoms with Crippen LogP contribution >= 0.6 is 0 Å². The average molecular weight is 617 g/mol. The number of carboxylic acid groups (broad SMARTS) is 1. The molecular weight excluding hydrogens is 563 g/mol. The van der Waals surface area contributed by atoms with Crippen LogP contribution in [0.2, 0.25) is 0 Å². The van der Waals surface area contributed by atoms with Gasteiger partial charge in [0, 0.05) is 11.0 Å². The van der Waals surface area contributed by atoms with Crippen molar-refractivity contribution in [2.24, 2.45) is 78.3 Å². The second kappa shape index (κ2) is 10.5. The van der Waals surface area contributed by atoms with Crippen LogP contribution in [0.3, 0.4) is 0 Å². The van der Waals surface area contributed by atoms with Gasteiger partial charge in [0.05, 0.1) is 11.1 Å². The molecule has 5 aliphatic rings. The lowest BCUT2D eigenvalue weighted by atomic mass is 9.33. The fourth-order valence-electron chi connectivity index (χ4n) is 11.9. The molecule has 244 valence electrons. The Morgan fingerprint density at radius 1 is 1.00 bits per heavy atom. The predicted octanol–water partition coefficient (Wildman–Crippen LogP) is 8.19. The molecule has 0 saturated heterocycles. The van der Waals surface area contributed by atoms with Gasteiger partial charge in [0.1, 0.15) is 5.82 Å². The maximum Gasteiger partial charge on any atom is 0.310 e. The molecule has 9 atom stereocenters. The molecule has 4 fully saturated rings. The van der Waals surface area contributed by atoms with Crippen molar-refractivity contribution in [3.05, 3.63) is 52.9 Å². The van der Waals surface area contributed by atoms with E-state index in [9.17, 15) is 9.90 Å². The van der Waals surface area contributed by atoms with Crippen LogP contribution in [0.15, 0.2) is 51.7 Å². The third-order valence-electron chi connectivity index (χ3n) is 14.5. The second-order valence-corrected chi connectivity index (χ2v) is 16.7. The molecule has 0 spiro atoms. The van der Waals surface area contributed by atoms with Gasteiger partial charge in [-0.1, -0.05) is 78.3 Å². The van der Waals surface area contributed by atoms with E-state index in [0.29, 0.717) is 29.2 Å². The third-order valence-corrected chi connectivity index (χ3v) is 14.5. The number of rotatable bonds is 3. The molecule has 1 aromatic carbocycles. The SMILES string of the molecule is C[C@@H]1CC[C@]2(C(=O)O)CC[C@]3(C)C(=CCC4[C@@]5(C)CC(=C\c6ccccc6F)/C(=N\N=C(N)N)C(C)(C)C5CC[C@]43C)C2[C@H]1C. The van der Waals surface area contributed by atoms with Crippen molar-refractivity contribution in [3.63, 3.8) is 0 Å². The lowest BCUT2D eigenvalue weighted by Gasteiger charge is -2.71. The lowest BCUT2D eigenvalue weighted by Crippen LogP contribution is -2.65. The average Bonchev–Trinajstić information content (AvgIpc) is 2.95. The van der Waals surface area contributed by atoms with Gasteiger partial charge in [-0.15, -0.1) is 5.10 Å². The van der Waals surface area contributed by atoms with Crippen LogP contribution in [0, 0.1) is 62.5 Å². The Balaban J connectivity index is 1.49. The van der Waals surface area contributed by atoms with Gasteiger partial charge >= 0.3 is 5.97 Å². The molecule has 6 nitrogen and oxygen atoms in total. The number of halogens is 1. The Bertz CT molecular complexity index is 1520. The van der Waals surface area contributed by atoms with Crippen molar-refractivity contribution in [2.45, 2.75) is 99.8 Å². The molecule has 6 rings (SSSR count). The summed E-state index contributed by atoms with van der Waals surface area (Å²) in [5.74, 6) is 0.681. The fourth-order valence-corrected chi connectivity index (χ4v) is 11.9. The molecule has 7 heteroatoms. The highest BCUT2D eigenvalue weighted by Crippen LogP contribution is 2.76. The summed E-state index contributed by atoms with van der Waals surface area (Å²) in [5, 5.41) is 19.5. The monoisotopic (exact) mass is 616 g/mol. The molecule has 5 aliphatic carbocycles. The molecule has 4 saturated carbocycles. The number of guanidine groups is 1. The van der Waals surface area contributed by atoms with E-state index in [1.165, 1.54) is 11.6 Å². The number of fused-ring (bicyclic) bond motifs is 7. The molecule has 0 aromatic heterocycles. The van der Waals surface area contributed by atoms with Crippen LogP contribution in [-0.4, -0.2) is 22.7 Å². The van der Waals surface area contributed by atoms with E-state index in [-0.39, 0.29) is 39.4 Å². The van der Waals surface area contributed by atoms with Gasteiger partial charge in [0.15, 0.2) is 0 Å². The zero-order valence-corrected chi connectivity index (χ0v) is 28.3. The summed E-state index contributed by atoms with van der Waals surface area (Å²) < 4.78 is 15.1. The Labute approximate surface area is 268 Å². The summed E-state index contributed by atoms with van der Waals surface area (Å²) in [6.45, 7) is 16.6. The number of aliphatic carboxylic acids is 1. The summed E-state index contributed by atoms with van der Waals surface area (Å²) in [5.41, 5.74) is 14.1. The largest absolute Gasteiger partial charge is 0.481 e. The highest BCUT2D eigenvalue weighted by Gasteiger charge is 2.69. The number of nitrogens with two attached hydrogens (primary N) is 2. The molecule has 0 bridgehead atoms. The first kappa shape index (κ1) is 32.0. The molecule has 0 radical (unpaired) electrons. The highest BCUT2D eigenvalue weighted by molar-refractivity contribution is 6.08. The number of benzene rings is 1. The Morgan fingerprint density at radius 2 is 1.71 bits per heavy atom. The molecule has 0 aliphatic heterocycles. The van der Waals surface area contributed by atoms with E-state index >= 15 is 4.39 Å². The molecule has 1 aromatic rings. The van der Waals surface area contributed by atoms with E-state index in [4.69, 9.17) is 11.5 Å². The number of nitrogens with zero attached hydrogens (tertiary/aromatic N) is 2. The van der Waals surface area contributed by atoms with E-state index < -0.39 is 11.4 Å². The number of hydrogen-bond acceptors (Lipinski definition) is 3. The van der Waals surface area contributed by atoms with Gasteiger partial charge < -0.3 is 16.6 Å². The smallest absolute Gasteiger partial charge is 0.310 e. The second-order valence-electron chi connectivity index (χ2n) is 16.7. The number of carboxylic acids is 1. The topological polar surface area (TPSA) is 114 Å². The third kappa shape index (κ3) is 4.41. The zero-order valence-electron chi connectivity index (χ0n) is 28.3. The van der Waals surface area contributed by atoms with Gasteiger partial charge in [0.25, 0.3) is 0 Å². The summed E-state index contributed by atoms with van der Waals surface area (Å²) >= 11 is 0. The van der Waals surface area contributed by atoms with Gasteiger partial charge in [-0.05, 0) is 115 Å². The first-order valence-corrected chi connectivity index (χ1v) is 17.1. The van der Waals surface area contributed by atoms with Crippen molar-refractivity contribution in [3.8, 4) is 0 Å². The number of allylic oxidation sites excluding steroid dienone is 3. The quantitative estimate of drug-likeness (QED) is 0.137. The first-order chi connectivity index (χ1) is 21.0. The Hall–Kier alpha value is -2.96. The minimum absolute atomic E-state index is 0.00107. The van der Waals surface area contributed by atoms with Crippen molar-refractivity contribution >= 4 is 23.7 Å². The van der Waals surface area contributed by atoms with Crippen LogP contribution in [0.4, 0.5) is 4.39 Å². The van der Waals surface area contributed by atoms with Gasteiger partial charge in [-0.3, -0.25) is 4.79 Å².